The van der Waals surface area contributed by atoms with Crippen LogP contribution in [0.5, 0.6) is 0 Å². The summed E-state index contributed by atoms with van der Waals surface area (Å²) in [4.78, 5) is 37.6. The highest BCUT2D eigenvalue weighted by atomic mass is 35.5. The first-order valence-corrected chi connectivity index (χ1v) is 6.49. The van der Waals surface area contributed by atoms with Crippen LogP contribution in [-0.4, -0.2) is 54.3 Å². The number of aromatic nitrogens is 1. The second-order valence-electron chi connectivity index (χ2n) is 4.13. The average Bonchev–Trinajstić information content (AvgIpc) is 2.46. The van der Waals surface area contributed by atoms with Gasteiger partial charge in [-0.15, -0.1) is 0 Å². The van der Waals surface area contributed by atoms with Crippen LogP contribution in [0, 0.1) is 0 Å². The average molecular weight is 331 g/mol. The van der Waals surface area contributed by atoms with Crippen LogP contribution >= 0.6 is 11.6 Å². The number of pyridine rings is 1. The molecular formula is C12H15ClN4O5. The predicted molar refractivity (Wildman–Crippen MR) is 77.7 cm³/mol. The maximum atomic E-state index is 11.6. The number of anilines is 1. The Labute approximate surface area is 131 Å². The Balaban J connectivity index is 2.47. The van der Waals surface area contributed by atoms with Crippen molar-refractivity contribution < 1.29 is 24.2 Å². The number of carboxylic acid groups (broad SMARTS) is 1. The fourth-order valence-corrected chi connectivity index (χ4v) is 1.56. The fraction of sp³-hybridized carbons (Fsp3) is 0.333. The maximum Gasteiger partial charge on any atom is 0.405 e. The van der Waals surface area contributed by atoms with E-state index in [4.69, 9.17) is 21.4 Å². The minimum Gasteiger partial charge on any atom is -0.465 e. The second kappa shape index (κ2) is 8.80. The van der Waals surface area contributed by atoms with Gasteiger partial charge in [-0.2, -0.15) is 0 Å². The minimum absolute atomic E-state index is 0.0486. The molecule has 0 saturated heterocycles. The van der Waals surface area contributed by atoms with E-state index in [2.05, 4.69) is 20.9 Å². The normalized spacial score (nSPS) is 11.4. The predicted octanol–water partition coefficient (Wildman–Crippen LogP) is 0.0723. The van der Waals surface area contributed by atoms with E-state index in [1.54, 1.807) is 0 Å². The van der Waals surface area contributed by atoms with Crippen molar-refractivity contribution in [3.63, 3.8) is 0 Å². The van der Waals surface area contributed by atoms with Crippen LogP contribution in [0.3, 0.4) is 0 Å². The van der Waals surface area contributed by atoms with Crippen molar-refractivity contribution in [3.8, 4) is 0 Å². The standard InChI is InChI=1S/C12H15ClN4O5/c1-22-6-8(16-12(20)21)5-15-10(18)11(19)17-9-3-2-7(13)4-14-9/h2-4,8,16H,5-6H2,1H3,(H,15,18)(H,20,21)(H,14,17,19)/t8-/m0/s1. The second-order valence-corrected chi connectivity index (χ2v) is 4.56. The summed E-state index contributed by atoms with van der Waals surface area (Å²) in [6.07, 6.45) is 0.0617. The molecule has 0 spiro atoms. The number of hydrogen-bond donors (Lipinski definition) is 4. The van der Waals surface area contributed by atoms with Crippen LogP contribution in [-0.2, 0) is 14.3 Å². The van der Waals surface area contributed by atoms with Crippen LogP contribution in [0.4, 0.5) is 10.6 Å². The van der Waals surface area contributed by atoms with Crippen molar-refractivity contribution in [2.45, 2.75) is 6.04 Å². The van der Waals surface area contributed by atoms with Gasteiger partial charge in [0.2, 0.25) is 0 Å². The van der Waals surface area contributed by atoms with Crippen molar-refractivity contribution in [1.29, 1.82) is 0 Å². The molecule has 22 heavy (non-hydrogen) atoms. The molecule has 1 heterocycles. The van der Waals surface area contributed by atoms with Crippen molar-refractivity contribution >= 4 is 35.3 Å². The number of methoxy groups -OCH3 is 1. The van der Waals surface area contributed by atoms with E-state index >= 15 is 0 Å². The van der Waals surface area contributed by atoms with Gasteiger partial charge in [0.15, 0.2) is 0 Å². The Bertz CT molecular complexity index is 537. The molecule has 0 aliphatic heterocycles. The lowest BCUT2D eigenvalue weighted by atomic mass is 10.3. The highest BCUT2D eigenvalue weighted by Gasteiger charge is 2.17. The summed E-state index contributed by atoms with van der Waals surface area (Å²) in [6, 6.07) is 2.27. The molecule has 0 bridgehead atoms. The quantitative estimate of drug-likeness (QED) is 0.546. The first kappa shape index (κ1) is 17.7. The van der Waals surface area contributed by atoms with Crippen LogP contribution in [0.1, 0.15) is 0 Å². The van der Waals surface area contributed by atoms with Crippen molar-refractivity contribution in [2.75, 3.05) is 25.6 Å². The number of hydrogen-bond acceptors (Lipinski definition) is 5. The Morgan fingerprint density at radius 1 is 1.36 bits per heavy atom. The Morgan fingerprint density at radius 3 is 2.64 bits per heavy atom. The van der Waals surface area contributed by atoms with Gasteiger partial charge in [-0.1, -0.05) is 11.6 Å². The fourth-order valence-electron chi connectivity index (χ4n) is 1.45. The molecular weight excluding hydrogens is 316 g/mol. The molecule has 3 amide bonds. The van der Waals surface area contributed by atoms with Gasteiger partial charge in [-0.25, -0.2) is 9.78 Å². The molecule has 1 atom stereocenters. The topological polar surface area (TPSA) is 130 Å². The first-order valence-electron chi connectivity index (χ1n) is 6.11. The number of halogens is 1. The lowest BCUT2D eigenvalue weighted by Crippen LogP contribution is -2.47. The van der Waals surface area contributed by atoms with Crippen molar-refractivity contribution in [3.05, 3.63) is 23.4 Å². The molecule has 1 rings (SSSR count). The number of nitrogens with zero attached hydrogens (tertiary/aromatic N) is 1. The monoisotopic (exact) mass is 330 g/mol. The van der Waals surface area contributed by atoms with E-state index in [1.807, 2.05) is 0 Å². The van der Waals surface area contributed by atoms with Gasteiger partial charge in [0.05, 0.1) is 17.7 Å². The maximum absolute atomic E-state index is 11.6. The van der Waals surface area contributed by atoms with Gasteiger partial charge < -0.3 is 25.8 Å². The molecule has 0 aliphatic carbocycles. The summed E-state index contributed by atoms with van der Waals surface area (Å²) in [6.45, 7) is -0.0482. The first-order chi connectivity index (χ1) is 10.4. The Kier molecular flexibility index (Phi) is 7.06. The van der Waals surface area contributed by atoms with E-state index in [0.717, 1.165) is 0 Å². The summed E-state index contributed by atoms with van der Waals surface area (Å²) in [5.74, 6) is -1.69. The third kappa shape index (κ3) is 6.37. The molecule has 9 nitrogen and oxygen atoms in total. The lowest BCUT2D eigenvalue weighted by molar-refractivity contribution is -0.136. The van der Waals surface area contributed by atoms with E-state index < -0.39 is 23.9 Å². The van der Waals surface area contributed by atoms with Crippen LogP contribution < -0.4 is 16.0 Å². The smallest absolute Gasteiger partial charge is 0.405 e. The molecule has 0 saturated carbocycles. The molecule has 0 aromatic carbocycles. The van der Waals surface area contributed by atoms with Gasteiger partial charge in [0.1, 0.15) is 5.82 Å². The van der Waals surface area contributed by atoms with Gasteiger partial charge in [0.25, 0.3) is 0 Å². The summed E-state index contributed by atoms with van der Waals surface area (Å²) in [5, 5.41) is 15.7. The number of amides is 3. The Hall–Kier alpha value is -2.39. The zero-order chi connectivity index (χ0) is 16.5. The number of ether oxygens (including phenoxy) is 1. The third-order valence-corrected chi connectivity index (χ3v) is 2.60. The van der Waals surface area contributed by atoms with Gasteiger partial charge in [0, 0.05) is 19.9 Å². The summed E-state index contributed by atoms with van der Waals surface area (Å²) in [7, 11) is 1.39. The summed E-state index contributed by atoms with van der Waals surface area (Å²) >= 11 is 5.65. The number of nitrogens with one attached hydrogen (secondary N) is 3. The highest BCUT2D eigenvalue weighted by Crippen LogP contribution is 2.09. The Morgan fingerprint density at radius 2 is 2.09 bits per heavy atom. The van der Waals surface area contributed by atoms with Crippen molar-refractivity contribution in [2.24, 2.45) is 0 Å². The number of carbonyl (C=O) groups is 3. The third-order valence-electron chi connectivity index (χ3n) is 2.38. The molecule has 0 aliphatic rings. The van der Waals surface area contributed by atoms with Gasteiger partial charge in [-0.3, -0.25) is 9.59 Å². The van der Waals surface area contributed by atoms with E-state index in [-0.39, 0.29) is 19.0 Å². The lowest BCUT2D eigenvalue weighted by Gasteiger charge is -2.16. The molecule has 1 aromatic rings. The van der Waals surface area contributed by atoms with Crippen LogP contribution in [0.25, 0.3) is 0 Å². The highest BCUT2D eigenvalue weighted by molar-refractivity contribution is 6.39. The zero-order valence-corrected chi connectivity index (χ0v) is 12.4. The molecule has 1 aromatic heterocycles. The minimum atomic E-state index is -1.26. The van der Waals surface area contributed by atoms with E-state index in [0.29, 0.717) is 5.02 Å². The summed E-state index contributed by atoms with van der Waals surface area (Å²) in [5.41, 5.74) is 0. The molecule has 10 heteroatoms. The molecule has 4 N–H and O–H groups in total. The number of carbonyl (C=O) groups excluding carboxylic acids is 2. The SMILES string of the molecule is COC[C@H](CNC(=O)C(=O)Nc1ccc(Cl)cn1)NC(=O)O. The van der Waals surface area contributed by atoms with E-state index in [9.17, 15) is 14.4 Å². The van der Waals surface area contributed by atoms with Crippen LogP contribution in [0.15, 0.2) is 18.3 Å². The summed E-state index contributed by atoms with van der Waals surface area (Å²) < 4.78 is 4.80. The van der Waals surface area contributed by atoms with E-state index in [1.165, 1.54) is 25.4 Å². The van der Waals surface area contributed by atoms with Gasteiger partial charge >= 0.3 is 17.9 Å². The molecule has 0 radical (unpaired) electrons. The van der Waals surface area contributed by atoms with Crippen LogP contribution in [0.2, 0.25) is 5.02 Å². The molecule has 120 valence electrons. The number of rotatable bonds is 6. The zero-order valence-electron chi connectivity index (χ0n) is 11.6. The van der Waals surface area contributed by atoms with Crippen molar-refractivity contribution in [1.82, 2.24) is 15.6 Å². The van der Waals surface area contributed by atoms with Gasteiger partial charge in [-0.05, 0) is 12.1 Å². The molecule has 0 unspecified atom stereocenters. The molecule has 0 fully saturated rings. The largest absolute Gasteiger partial charge is 0.465 e.